The standard InChI is InChI=1S/C11H9FN2O2/c1-16-11(15)9-4-3-8(7-10(9)12)14-6-2-5-13-14/h2-7H,1H3. The van der Waals surface area contributed by atoms with Gasteiger partial charge in [0.1, 0.15) is 5.82 Å². The van der Waals surface area contributed by atoms with Crippen molar-refractivity contribution >= 4 is 5.97 Å². The molecule has 0 aliphatic heterocycles. The molecule has 0 saturated heterocycles. The number of benzene rings is 1. The van der Waals surface area contributed by atoms with Crippen molar-refractivity contribution in [3.05, 3.63) is 48.0 Å². The van der Waals surface area contributed by atoms with Crippen LogP contribution >= 0.6 is 0 Å². The summed E-state index contributed by atoms with van der Waals surface area (Å²) in [7, 11) is 1.21. The third-order valence-electron chi connectivity index (χ3n) is 2.13. The molecule has 0 amide bonds. The summed E-state index contributed by atoms with van der Waals surface area (Å²) >= 11 is 0. The van der Waals surface area contributed by atoms with E-state index in [0.29, 0.717) is 5.69 Å². The summed E-state index contributed by atoms with van der Waals surface area (Å²) < 4.78 is 19.5. The van der Waals surface area contributed by atoms with Gasteiger partial charge in [0.25, 0.3) is 0 Å². The van der Waals surface area contributed by atoms with Gasteiger partial charge in [0, 0.05) is 18.5 Å². The van der Waals surface area contributed by atoms with Crippen LogP contribution in [-0.4, -0.2) is 22.9 Å². The monoisotopic (exact) mass is 220 g/mol. The van der Waals surface area contributed by atoms with Crippen molar-refractivity contribution in [1.82, 2.24) is 9.78 Å². The fourth-order valence-electron chi connectivity index (χ4n) is 1.34. The fourth-order valence-corrected chi connectivity index (χ4v) is 1.34. The van der Waals surface area contributed by atoms with Crippen molar-refractivity contribution in [2.24, 2.45) is 0 Å². The Morgan fingerprint density at radius 1 is 1.50 bits per heavy atom. The molecule has 16 heavy (non-hydrogen) atoms. The van der Waals surface area contributed by atoms with E-state index in [-0.39, 0.29) is 5.56 Å². The second kappa shape index (κ2) is 4.14. The lowest BCUT2D eigenvalue weighted by Gasteiger charge is -2.04. The third-order valence-corrected chi connectivity index (χ3v) is 2.13. The highest BCUT2D eigenvalue weighted by Crippen LogP contribution is 2.14. The summed E-state index contributed by atoms with van der Waals surface area (Å²) in [6, 6.07) is 5.94. The Morgan fingerprint density at radius 3 is 2.88 bits per heavy atom. The molecule has 2 rings (SSSR count). The maximum Gasteiger partial charge on any atom is 0.340 e. The van der Waals surface area contributed by atoms with E-state index in [2.05, 4.69) is 9.84 Å². The maximum atomic E-state index is 13.5. The van der Waals surface area contributed by atoms with Crippen molar-refractivity contribution in [2.45, 2.75) is 0 Å². The average Bonchev–Trinajstić information content (AvgIpc) is 2.81. The Balaban J connectivity index is 2.41. The molecule has 2 aromatic rings. The average molecular weight is 220 g/mol. The first-order valence-corrected chi connectivity index (χ1v) is 4.60. The molecule has 1 aromatic carbocycles. The van der Waals surface area contributed by atoms with Gasteiger partial charge in [-0.1, -0.05) is 0 Å². The summed E-state index contributed by atoms with van der Waals surface area (Å²) in [6.45, 7) is 0. The molecule has 82 valence electrons. The molecule has 0 aliphatic rings. The minimum absolute atomic E-state index is 0.0848. The number of carbonyl (C=O) groups is 1. The zero-order valence-electron chi connectivity index (χ0n) is 8.55. The van der Waals surface area contributed by atoms with E-state index < -0.39 is 11.8 Å². The normalized spacial score (nSPS) is 10.1. The van der Waals surface area contributed by atoms with Crippen molar-refractivity contribution in [1.29, 1.82) is 0 Å². The summed E-state index contributed by atoms with van der Waals surface area (Å²) in [5.74, 6) is -1.32. The Kier molecular flexibility index (Phi) is 2.68. The van der Waals surface area contributed by atoms with Crippen molar-refractivity contribution < 1.29 is 13.9 Å². The molecule has 0 spiro atoms. The molecule has 0 atom stereocenters. The van der Waals surface area contributed by atoms with Gasteiger partial charge < -0.3 is 4.74 Å². The van der Waals surface area contributed by atoms with Crippen LogP contribution in [0.3, 0.4) is 0 Å². The zero-order chi connectivity index (χ0) is 11.5. The number of aromatic nitrogens is 2. The topological polar surface area (TPSA) is 44.1 Å². The second-order valence-electron chi connectivity index (χ2n) is 3.11. The van der Waals surface area contributed by atoms with Crippen LogP contribution in [-0.2, 0) is 4.74 Å². The van der Waals surface area contributed by atoms with E-state index in [1.165, 1.54) is 23.9 Å². The molecule has 0 aliphatic carbocycles. The highest BCUT2D eigenvalue weighted by molar-refractivity contribution is 5.89. The number of carbonyl (C=O) groups excluding carboxylic acids is 1. The van der Waals surface area contributed by atoms with Crippen molar-refractivity contribution in [3.8, 4) is 5.69 Å². The largest absolute Gasteiger partial charge is 0.465 e. The lowest BCUT2D eigenvalue weighted by Crippen LogP contribution is -2.05. The first-order chi connectivity index (χ1) is 7.72. The van der Waals surface area contributed by atoms with Crippen LogP contribution in [0.1, 0.15) is 10.4 Å². The Labute approximate surface area is 91.3 Å². The van der Waals surface area contributed by atoms with E-state index in [9.17, 15) is 9.18 Å². The predicted octanol–water partition coefficient (Wildman–Crippen LogP) is 1.80. The maximum absolute atomic E-state index is 13.5. The van der Waals surface area contributed by atoms with Gasteiger partial charge in [0.2, 0.25) is 0 Å². The van der Waals surface area contributed by atoms with Crippen LogP contribution in [0, 0.1) is 5.82 Å². The van der Waals surface area contributed by atoms with Gasteiger partial charge in [-0.15, -0.1) is 0 Å². The van der Waals surface area contributed by atoms with Gasteiger partial charge in [-0.3, -0.25) is 0 Å². The lowest BCUT2D eigenvalue weighted by molar-refractivity contribution is 0.0595. The van der Waals surface area contributed by atoms with Gasteiger partial charge >= 0.3 is 5.97 Å². The minimum Gasteiger partial charge on any atom is -0.465 e. The molecular formula is C11H9FN2O2. The van der Waals surface area contributed by atoms with Crippen molar-refractivity contribution in [3.63, 3.8) is 0 Å². The minimum atomic E-state index is -0.690. The highest BCUT2D eigenvalue weighted by Gasteiger charge is 2.12. The molecule has 0 N–H and O–H groups in total. The molecule has 0 bridgehead atoms. The molecule has 1 heterocycles. The van der Waals surface area contributed by atoms with Crippen LogP contribution in [0.5, 0.6) is 0 Å². The quantitative estimate of drug-likeness (QED) is 0.725. The van der Waals surface area contributed by atoms with Crippen LogP contribution in [0.25, 0.3) is 5.69 Å². The number of hydrogen-bond donors (Lipinski definition) is 0. The van der Waals surface area contributed by atoms with E-state index >= 15 is 0 Å². The SMILES string of the molecule is COC(=O)c1ccc(-n2cccn2)cc1F. The molecular weight excluding hydrogens is 211 g/mol. The van der Waals surface area contributed by atoms with Gasteiger partial charge in [-0.25, -0.2) is 13.9 Å². The Morgan fingerprint density at radius 2 is 2.31 bits per heavy atom. The zero-order valence-corrected chi connectivity index (χ0v) is 8.55. The highest BCUT2D eigenvalue weighted by atomic mass is 19.1. The lowest BCUT2D eigenvalue weighted by atomic mass is 10.2. The number of rotatable bonds is 2. The van der Waals surface area contributed by atoms with Gasteiger partial charge in [-0.05, 0) is 18.2 Å². The van der Waals surface area contributed by atoms with Crippen LogP contribution in [0.2, 0.25) is 0 Å². The summed E-state index contributed by atoms with van der Waals surface area (Å²) in [6.07, 6.45) is 3.28. The summed E-state index contributed by atoms with van der Waals surface area (Å²) in [4.78, 5) is 11.1. The molecule has 4 nitrogen and oxygen atoms in total. The number of esters is 1. The van der Waals surface area contributed by atoms with Crippen LogP contribution in [0.15, 0.2) is 36.7 Å². The number of methoxy groups -OCH3 is 1. The molecule has 1 aromatic heterocycles. The molecule has 0 unspecified atom stereocenters. The first-order valence-electron chi connectivity index (χ1n) is 4.60. The number of hydrogen-bond acceptors (Lipinski definition) is 3. The molecule has 0 radical (unpaired) electrons. The van der Waals surface area contributed by atoms with E-state index in [1.807, 2.05) is 0 Å². The number of nitrogens with zero attached hydrogens (tertiary/aromatic N) is 2. The van der Waals surface area contributed by atoms with Gasteiger partial charge in [-0.2, -0.15) is 5.10 Å². The number of halogens is 1. The fraction of sp³-hybridized carbons (Fsp3) is 0.0909. The summed E-state index contributed by atoms with van der Waals surface area (Å²) in [5.41, 5.74) is 0.466. The molecule has 0 saturated carbocycles. The van der Waals surface area contributed by atoms with Crippen LogP contribution in [0.4, 0.5) is 4.39 Å². The van der Waals surface area contributed by atoms with Crippen molar-refractivity contribution in [2.75, 3.05) is 7.11 Å². The molecule has 5 heteroatoms. The van der Waals surface area contributed by atoms with E-state index in [1.54, 1.807) is 24.5 Å². The van der Waals surface area contributed by atoms with Gasteiger partial charge in [0.15, 0.2) is 0 Å². The third kappa shape index (κ3) is 1.79. The van der Waals surface area contributed by atoms with Gasteiger partial charge in [0.05, 0.1) is 18.4 Å². The van der Waals surface area contributed by atoms with E-state index in [0.717, 1.165) is 0 Å². The Hall–Kier alpha value is -2.17. The summed E-state index contributed by atoms with van der Waals surface area (Å²) in [5, 5.41) is 3.96. The predicted molar refractivity (Wildman–Crippen MR) is 54.9 cm³/mol. The second-order valence-corrected chi connectivity index (χ2v) is 3.11. The van der Waals surface area contributed by atoms with E-state index in [4.69, 9.17) is 0 Å². The van der Waals surface area contributed by atoms with Crippen LogP contribution < -0.4 is 0 Å². The number of ether oxygens (including phenoxy) is 1. The smallest absolute Gasteiger partial charge is 0.340 e. The molecule has 0 fully saturated rings. The Bertz CT molecular complexity index is 509. The first kappa shape index (κ1) is 10.4.